The van der Waals surface area contributed by atoms with Crippen molar-refractivity contribution < 1.29 is 14.6 Å². The molecule has 0 atom stereocenters. The Kier molecular flexibility index (Phi) is 4.92. The predicted octanol–water partition coefficient (Wildman–Crippen LogP) is 3.89. The summed E-state index contributed by atoms with van der Waals surface area (Å²) in [7, 11) is 0. The molecule has 0 aliphatic rings. The summed E-state index contributed by atoms with van der Waals surface area (Å²) < 4.78 is 6.49. The van der Waals surface area contributed by atoms with Gasteiger partial charge in [0.25, 0.3) is 0 Å². The van der Waals surface area contributed by atoms with Crippen LogP contribution in [0.3, 0.4) is 0 Å². The highest BCUT2D eigenvalue weighted by Gasteiger charge is 2.03. The minimum absolute atomic E-state index is 0.454. The van der Waals surface area contributed by atoms with Gasteiger partial charge in [0.2, 0.25) is 0 Å². The molecule has 0 aliphatic carbocycles. The summed E-state index contributed by atoms with van der Waals surface area (Å²) in [6.45, 7) is 2.40. The first kappa shape index (κ1) is 14.7. The molecule has 1 aromatic heterocycles. The number of carboxylic acids is 1. The van der Waals surface area contributed by atoms with Crippen LogP contribution in [0, 0.1) is 6.92 Å². The maximum atomic E-state index is 10.5. The zero-order valence-corrected chi connectivity index (χ0v) is 13.1. The van der Waals surface area contributed by atoms with Gasteiger partial charge >= 0.3 is 5.97 Å². The lowest BCUT2D eigenvalue weighted by atomic mass is 10.2. The number of hydrogen-bond donors (Lipinski definition) is 1. The Balaban J connectivity index is 2.08. The molecule has 0 amide bonds. The fourth-order valence-electron chi connectivity index (χ4n) is 1.53. The van der Waals surface area contributed by atoms with Crippen LogP contribution in [0.5, 0.6) is 5.75 Å². The fourth-order valence-corrected chi connectivity index (χ4v) is 2.61. The molecule has 0 unspecified atom stereocenters. The van der Waals surface area contributed by atoms with Crippen LogP contribution in [0.2, 0.25) is 0 Å². The normalized spacial score (nSPS) is 10.9. The second kappa shape index (κ2) is 6.67. The second-order valence-corrected chi connectivity index (χ2v) is 6.16. The van der Waals surface area contributed by atoms with Crippen molar-refractivity contribution in [1.29, 1.82) is 0 Å². The Bertz CT molecular complexity index is 652. The molecule has 0 aliphatic heterocycles. The topological polar surface area (TPSA) is 59.4 Å². The molecule has 0 saturated heterocycles. The number of rotatable bonds is 5. The molecule has 0 saturated carbocycles. The maximum Gasteiger partial charge on any atom is 0.328 e. The quantitative estimate of drug-likeness (QED) is 0.828. The Labute approximate surface area is 128 Å². The van der Waals surface area contributed by atoms with E-state index >= 15 is 0 Å². The van der Waals surface area contributed by atoms with E-state index in [9.17, 15) is 4.79 Å². The van der Waals surface area contributed by atoms with Crippen LogP contribution in [-0.4, -0.2) is 16.1 Å². The summed E-state index contributed by atoms with van der Waals surface area (Å²) in [5.74, 6) is -0.298. The third kappa shape index (κ3) is 4.18. The van der Waals surface area contributed by atoms with Crippen LogP contribution in [0.25, 0.3) is 6.08 Å². The zero-order valence-electron chi connectivity index (χ0n) is 10.7. The molecule has 0 spiro atoms. The molecule has 2 rings (SSSR count). The molecule has 20 heavy (non-hydrogen) atoms. The van der Waals surface area contributed by atoms with Crippen molar-refractivity contribution in [3.05, 3.63) is 50.4 Å². The summed E-state index contributed by atoms with van der Waals surface area (Å²) in [6, 6.07) is 5.45. The van der Waals surface area contributed by atoms with Gasteiger partial charge < -0.3 is 9.84 Å². The van der Waals surface area contributed by atoms with E-state index in [0.29, 0.717) is 12.4 Å². The van der Waals surface area contributed by atoms with E-state index in [4.69, 9.17) is 9.84 Å². The Morgan fingerprint density at radius 2 is 2.35 bits per heavy atom. The van der Waals surface area contributed by atoms with Gasteiger partial charge in [-0.15, -0.1) is 11.3 Å². The summed E-state index contributed by atoms with van der Waals surface area (Å²) in [4.78, 5) is 15.8. The average molecular weight is 354 g/mol. The van der Waals surface area contributed by atoms with E-state index in [-0.39, 0.29) is 0 Å². The Morgan fingerprint density at radius 3 is 3.00 bits per heavy atom. The van der Waals surface area contributed by atoms with Gasteiger partial charge in [-0.2, -0.15) is 0 Å². The number of carboxylic acid groups (broad SMARTS) is 1. The molecule has 104 valence electrons. The van der Waals surface area contributed by atoms with Crippen LogP contribution in [0.4, 0.5) is 0 Å². The van der Waals surface area contributed by atoms with Crippen LogP contribution < -0.4 is 4.74 Å². The SMILES string of the molecule is Cc1ncc(COc2ccc(Br)c(/C=C/C(=O)O)c2)s1. The summed E-state index contributed by atoms with van der Waals surface area (Å²) in [5.41, 5.74) is 0.755. The molecule has 6 heteroatoms. The smallest absolute Gasteiger partial charge is 0.328 e. The van der Waals surface area contributed by atoms with Crippen LogP contribution in [0.15, 0.2) is 34.9 Å². The number of nitrogens with zero attached hydrogens (tertiary/aromatic N) is 1. The molecule has 2 aromatic rings. The lowest BCUT2D eigenvalue weighted by Crippen LogP contribution is -1.93. The van der Waals surface area contributed by atoms with Gasteiger partial charge in [-0.3, -0.25) is 0 Å². The zero-order chi connectivity index (χ0) is 14.5. The first-order chi connectivity index (χ1) is 9.54. The lowest BCUT2D eigenvalue weighted by Gasteiger charge is -2.06. The van der Waals surface area contributed by atoms with Crippen molar-refractivity contribution in [3.63, 3.8) is 0 Å². The van der Waals surface area contributed by atoms with Gasteiger partial charge in [0.15, 0.2) is 0 Å². The van der Waals surface area contributed by atoms with Crippen molar-refractivity contribution in [2.75, 3.05) is 0 Å². The van der Waals surface area contributed by atoms with E-state index in [0.717, 1.165) is 26.0 Å². The summed E-state index contributed by atoms with van der Waals surface area (Å²) >= 11 is 4.96. The highest BCUT2D eigenvalue weighted by atomic mass is 79.9. The summed E-state index contributed by atoms with van der Waals surface area (Å²) in [6.07, 6.45) is 4.41. The van der Waals surface area contributed by atoms with Gasteiger partial charge in [0.05, 0.1) is 9.88 Å². The Morgan fingerprint density at radius 1 is 1.55 bits per heavy atom. The third-order valence-corrected chi connectivity index (χ3v) is 4.03. The third-order valence-electron chi connectivity index (χ3n) is 2.42. The molecule has 0 radical (unpaired) electrons. The molecular formula is C14H12BrNO3S. The van der Waals surface area contributed by atoms with E-state index in [1.165, 1.54) is 6.08 Å². The van der Waals surface area contributed by atoms with E-state index < -0.39 is 5.97 Å². The number of aryl methyl sites for hydroxylation is 1. The number of halogens is 1. The van der Waals surface area contributed by atoms with Crippen molar-refractivity contribution in [2.24, 2.45) is 0 Å². The van der Waals surface area contributed by atoms with Gasteiger partial charge in [0.1, 0.15) is 12.4 Å². The van der Waals surface area contributed by atoms with Crippen molar-refractivity contribution in [1.82, 2.24) is 4.98 Å². The Hall–Kier alpha value is -1.66. The van der Waals surface area contributed by atoms with Gasteiger partial charge in [-0.25, -0.2) is 9.78 Å². The van der Waals surface area contributed by atoms with Crippen LogP contribution in [0.1, 0.15) is 15.4 Å². The first-order valence-corrected chi connectivity index (χ1v) is 7.40. The number of aliphatic carboxylic acids is 1. The number of ether oxygens (including phenoxy) is 1. The first-order valence-electron chi connectivity index (χ1n) is 5.79. The second-order valence-electron chi connectivity index (χ2n) is 3.99. The molecule has 1 N–H and O–H groups in total. The van der Waals surface area contributed by atoms with E-state index in [1.54, 1.807) is 23.6 Å². The monoisotopic (exact) mass is 353 g/mol. The molecular weight excluding hydrogens is 342 g/mol. The minimum Gasteiger partial charge on any atom is -0.488 e. The van der Waals surface area contributed by atoms with Gasteiger partial charge in [-0.05, 0) is 36.8 Å². The lowest BCUT2D eigenvalue weighted by molar-refractivity contribution is -0.131. The van der Waals surface area contributed by atoms with Crippen molar-refractivity contribution in [3.8, 4) is 5.75 Å². The van der Waals surface area contributed by atoms with Crippen molar-refractivity contribution in [2.45, 2.75) is 13.5 Å². The molecule has 4 nitrogen and oxygen atoms in total. The van der Waals surface area contributed by atoms with Crippen molar-refractivity contribution >= 4 is 39.3 Å². The summed E-state index contributed by atoms with van der Waals surface area (Å²) in [5, 5.41) is 9.65. The number of carbonyl (C=O) groups is 1. The van der Waals surface area contributed by atoms with Gasteiger partial charge in [-0.1, -0.05) is 15.9 Å². The number of thiazole rings is 1. The molecule has 0 fully saturated rings. The van der Waals surface area contributed by atoms with Gasteiger partial charge in [0, 0.05) is 16.7 Å². The number of benzene rings is 1. The number of hydrogen-bond acceptors (Lipinski definition) is 4. The molecule has 0 bridgehead atoms. The molecule has 1 heterocycles. The van der Waals surface area contributed by atoms with E-state index in [1.807, 2.05) is 19.1 Å². The highest BCUT2D eigenvalue weighted by Crippen LogP contribution is 2.25. The van der Waals surface area contributed by atoms with Crippen LogP contribution >= 0.6 is 27.3 Å². The standard InChI is InChI=1S/C14H12BrNO3S/c1-9-16-7-12(20-9)8-19-11-3-4-13(15)10(6-11)2-5-14(17)18/h2-7H,8H2,1H3,(H,17,18)/b5-2+. The fraction of sp³-hybridized carbons (Fsp3) is 0.143. The predicted molar refractivity (Wildman–Crippen MR) is 82.0 cm³/mol. The van der Waals surface area contributed by atoms with E-state index in [2.05, 4.69) is 20.9 Å². The number of aromatic nitrogens is 1. The maximum absolute atomic E-state index is 10.5. The minimum atomic E-state index is -0.983. The largest absolute Gasteiger partial charge is 0.488 e. The highest BCUT2D eigenvalue weighted by molar-refractivity contribution is 9.10. The molecule has 1 aromatic carbocycles. The van der Waals surface area contributed by atoms with Crippen LogP contribution in [-0.2, 0) is 11.4 Å². The average Bonchev–Trinajstić information content (AvgIpc) is 2.82.